The van der Waals surface area contributed by atoms with Crippen LogP contribution in [0.2, 0.25) is 10.0 Å². The number of benzene rings is 3. The minimum atomic E-state index is -3.78. The molecule has 0 aromatic heterocycles. The van der Waals surface area contributed by atoms with Gasteiger partial charge in [0.15, 0.2) is 5.11 Å². The van der Waals surface area contributed by atoms with Crippen LogP contribution in [0.15, 0.2) is 71.6 Å². The SMILES string of the molecule is CC[C@@H](C)c1ccc(NC(=S)Nc2ccc(S(=O)(=O)Nc3ccc(Cl)c(Cl)c3)cc2)cc1. The van der Waals surface area contributed by atoms with Crippen molar-refractivity contribution in [3.63, 3.8) is 0 Å². The third-order valence-corrected chi connectivity index (χ3v) is 7.28. The highest BCUT2D eigenvalue weighted by molar-refractivity contribution is 7.92. The van der Waals surface area contributed by atoms with Crippen LogP contribution in [0.1, 0.15) is 31.7 Å². The normalized spacial score (nSPS) is 12.1. The Labute approximate surface area is 204 Å². The van der Waals surface area contributed by atoms with Crippen LogP contribution >= 0.6 is 35.4 Å². The van der Waals surface area contributed by atoms with E-state index in [-0.39, 0.29) is 9.92 Å². The van der Waals surface area contributed by atoms with Gasteiger partial charge in [-0.25, -0.2) is 8.42 Å². The number of nitrogens with one attached hydrogen (secondary N) is 3. The van der Waals surface area contributed by atoms with Crippen LogP contribution in [-0.2, 0) is 10.0 Å². The highest BCUT2D eigenvalue weighted by Crippen LogP contribution is 2.27. The van der Waals surface area contributed by atoms with Crippen molar-refractivity contribution >= 4 is 67.6 Å². The average molecular weight is 508 g/mol. The van der Waals surface area contributed by atoms with E-state index in [1.807, 2.05) is 12.1 Å². The van der Waals surface area contributed by atoms with Crippen LogP contribution in [0.3, 0.4) is 0 Å². The Bertz CT molecular complexity index is 1200. The summed E-state index contributed by atoms with van der Waals surface area (Å²) in [5.41, 5.74) is 3.14. The minimum Gasteiger partial charge on any atom is -0.332 e. The predicted octanol–water partition coefficient (Wildman–Crippen LogP) is 7.12. The molecule has 0 saturated carbocycles. The van der Waals surface area contributed by atoms with E-state index in [0.717, 1.165) is 12.1 Å². The lowest BCUT2D eigenvalue weighted by Crippen LogP contribution is -2.19. The van der Waals surface area contributed by atoms with E-state index < -0.39 is 10.0 Å². The molecule has 0 spiro atoms. The summed E-state index contributed by atoms with van der Waals surface area (Å²) in [5.74, 6) is 0.509. The number of rotatable bonds is 7. The van der Waals surface area contributed by atoms with Gasteiger partial charge in [0.25, 0.3) is 10.0 Å². The zero-order valence-corrected chi connectivity index (χ0v) is 20.7. The summed E-state index contributed by atoms with van der Waals surface area (Å²) >= 11 is 17.2. The first kappa shape index (κ1) is 24.3. The largest absolute Gasteiger partial charge is 0.332 e. The van der Waals surface area contributed by atoms with Gasteiger partial charge in [-0.3, -0.25) is 4.72 Å². The first-order valence-electron chi connectivity index (χ1n) is 9.94. The molecule has 0 fully saturated rings. The number of halogens is 2. The molecule has 3 N–H and O–H groups in total. The summed E-state index contributed by atoms with van der Waals surface area (Å²) in [7, 11) is -3.78. The van der Waals surface area contributed by atoms with Crippen molar-refractivity contribution < 1.29 is 8.42 Å². The van der Waals surface area contributed by atoms with E-state index in [9.17, 15) is 8.42 Å². The molecule has 1 atom stereocenters. The molecule has 0 amide bonds. The molecule has 0 saturated heterocycles. The van der Waals surface area contributed by atoms with Crippen molar-refractivity contribution in [3.05, 3.63) is 82.3 Å². The van der Waals surface area contributed by atoms with Gasteiger partial charge in [-0.2, -0.15) is 0 Å². The monoisotopic (exact) mass is 507 g/mol. The second kappa shape index (κ2) is 10.5. The zero-order valence-electron chi connectivity index (χ0n) is 17.5. The van der Waals surface area contributed by atoms with Gasteiger partial charge in [0.1, 0.15) is 0 Å². The smallest absolute Gasteiger partial charge is 0.261 e. The van der Waals surface area contributed by atoms with Gasteiger partial charge in [-0.05, 0) is 84.7 Å². The van der Waals surface area contributed by atoms with E-state index >= 15 is 0 Å². The van der Waals surface area contributed by atoms with Crippen molar-refractivity contribution in [1.82, 2.24) is 0 Å². The molecule has 0 heterocycles. The second-order valence-corrected chi connectivity index (χ2v) is 10.2. The first-order chi connectivity index (χ1) is 15.2. The quantitative estimate of drug-likeness (QED) is 0.297. The maximum absolute atomic E-state index is 12.6. The van der Waals surface area contributed by atoms with Gasteiger partial charge >= 0.3 is 0 Å². The van der Waals surface area contributed by atoms with E-state index in [1.54, 1.807) is 18.2 Å². The van der Waals surface area contributed by atoms with Crippen molar-refractivity contribution in [3.8, 4) is 0 Å². The Morgan fingerprint density at radius 1 is 0.875 bits per heavy atom. The summed E-state index contributed by atoms with van der Waals surface area (Å²) in [5, 5.41) is 7.20. The molecule has 9 heteroatoms. The molecule has 5 nitrogen and oxygen atoms in total. The lowest BCUT2D eigenvalue weighted by molar-refractivity contribution is 0.601. The van der Waals surface area contributed by atoms with E-state index in [4.69, 9.17) is 35.4 Å². The summed E-state index contributed by atoms with van der Waals surface area (Å²) < 4.78 is 27.7. The van der Waals surface area contributed by atoms with Crippen LogP contribution in [-0.4, -0.2) is 13.5 Å². The third kappa shape index (κ3) is 6.36. The standard InChI is InChI=1S/C23H23Cl2N3O2S2/c1-3-15(2)16-4-6-17(7-5-16)26-23(31)27-18-8-11-20(12-9-18)32(29,30)28-19-10-13-21(24)22(25)14-19/h4-15,28H,3H2,1-2H3,(H2,26,27,31)/t15-/m1/s1. The van der Waals surface area contributed by atoms with Gasteiger partial charge in [0.2, 0.25) is 0 Å². The molecule has 32 heavy (non-hydrogen) atoms. The number of thiocarbonyl (C=S) groups is 1. The minimum absolute atomic E-state index is 0.105. The maximum Gasteiger partial charge on any atom is 0.261 e. The van der Waals surface area contributed by atoms with Gasteiger partial charge in [0.05, 0.1) is 20.6 Å². The molecule has 0 bridgehead atoms. The van der Waals surface area contributed by atoms with Crippen molar-refractivity contribution in [2.45, 2.75) is 31.1 Å². The Hall–Kier alpha value is -2.32. The fourth-order valence-electron chi connectivity index (χ4n) is 2.92. The van der Waals surface area contributed by atoms with Crippen LogP contribution < -0.4 is 15.4 Å². The fraction of sp³-hybridized carbons (Fsp3) is 0.174. The van der Waals surface area contributed by atoms with Gasteiger partial charge in [-0.15, -0.1) is 0 Å². The van der Waals surface area contributed by atoms with Gasteiger partial charge in [-0.1, -0.05) is 49.2 Å². The highest BCUT2D eigenvalue weighted by atomic mass is 35.5. The average Bonchev–Trinajstić information content (AvgIpc) is 2.76. The number of sulfonamides is 1. The zero-order chi connectivity index (χ0) is 23.3. The first-order valence-corrected chi connectivity index (χ1v) is 12.6. The Morgan fingerprint density at radius 3 is 1.94 bits per heavy atom. The summed E-state index contributed by atoms with van der Waals surface area (Å²) in [6, 6.07) is 18.9. The molecule has 0 aliphatic carbocycles. The number of hydrogen-bond donors (Lipinski definition) is 3. The lowest BCUT2D eigenvalue weighted by Gasteiger charge is -2.13. The molecule has 0 radical (unpaired) electrons. The second-order valence-electron chi connectivity index (χ2n) is 7.27. The third-order valence-electron chi connectivity index (χ3n) is 4.94. The van der Waals surface area contributed by atoms with Gasteiger partial charge < -0.3 is 10.6 Å². The summed E-state index contributed by atoms with van der Waals surface area (Å²) in [6.45, 7) is 4.36. The number of hydrogen-bond acceptors (Lipinski definition) is 3. The molecule has 0 aliphatic rings. The van der Waals surface area contributed by atoms with Crippen LogP contribution in [0.25, 0.3) is 0 Å². The summed E-state index contributed by atoms with van der Waals surface area (Å²) in [4.78, 5) is 0.105. The fourth-order valence-corrected chi connectivity index (χ4v) is 4.50. The highest BCUT2D eigenvalue weighted by Gasteiger charge is 2.15. The Kier molecular flexibility index (Phi) is 8.00. The Balaban J connectivity index is 1.62. The number of anilines is 3. The molecular formula is C23H23Cl2N3O2S2. The van der Waals surface area contributed by atoms with Crippen molar-refractivity contribution in [1.29, 1.82) is 0 Å². The molecular weight excluding hydrogens is 485 g/mol. The summed E-state index contributed by atoms with van der Waals surface area (Å²) in [6.07, 6.45) is 1.08. The molecule has 3 aromatic rings. The van der Waals surface area contributed by atoms with E-state index in [1.165, 1.54) is 29.8 Å². The van der Waals surface area contributed by atoms with E-state index in [2.05, 4.69) is 41.3 Å². The van der Waals surface area contributed by atoms with Crippen LogP contribution in [0.5, 0.6) is 0 Å². The van der Waals surface area contributed by atoms with E-state index in [0.29, 0.717) is 27.4 Å². The van der Waals surface area contributed by atoms with Crippen molar-refractivity contribution in [2.75, 3.05) is 15.4 Å². The molecule has 3 rings (SSSR count). The molecule has 0 unspecified atom stereocenters. The van der Waals surface area contributed by atoms with Crippen molar-refractivity contribution in [2.24, 2.45) is 0 Å². The molecule has 3 aromatic carbocycles. The lowest BCUT2D eigenvalue weighted by atomic mass is 9.99. The Morgan fingerprint density at radius 2 is 1.41 bits per heavy atom. The molecule has 168 valence electrons. The topological polar surface area (TPSA) is 70.2 Å². The molecule has 0 aliphatic heterocycles. The maximum atomic E-state index is 12.6. The van der Waals surface area contributed by atoms with Crippen LogP contribution in [0, 0.1) is 0 Å². The van der Waals surface area contributed by atoms with Gasteiger partial charge in [0, 0.05) is 11.4 Å². The van der Waals surface area contributed by atoms with Crippen LogP contribution in [0.4, 0.5) is 17.1 Å². The predicted molar refractivity (Wildman–Crippen MR) is 139 cm³/mol.